The van der Waals surface area contributed by atoms with Crippen LogP contribution in [-0.4, -0.2) is 23.8 Å². The van der Waals surface area contributed by atoms with Crippen molar-refractivity contribution in [1.82, 2.24) is 10.6 Å². The zero-order chi connectivity index (χ0) is 17.0. The minimum Gasteiger partial charge on any atom is -0.444 e. The smallest absolute Gasteiger partial charge is 0.407 e. The summed E-state index contributed by atoms with van der Waals surface area (Å²) in [5.41, 5.74) is 1.09. The maximum atomic E-state index is 13.3. The minimum atomic E-state index is -0.514. The Bertz CT molecular complexity index is 522. The van der Waals surface area contributed by atoms with E-state index >= 15 is 0 Å². The molecule has 0 spiro atoms. The van der Waals surface area contributed by atoms with Crippen LogP contribution in [0, 0.1) is 12.7 Å². The van der Waals surface area contributed by atoms with Gasteiger partial charge in [0.15, 0.2) is 0 Å². The molecule has 0 saturated heterocycles. The molecule has 0 bridgehead atoms. The average Bonchev–Trinajstić information content (AvgIpc) is 2.36. The van der Waals surface area contributed by atoms with E-state index < -0.39 is 11.7 Å². The number of hydrogen-bond acceptors (Lipinski definition) is 3. The molecule has 0 fully saturated rings. The number of aryl methyl sites for hydroxylation is 1. The number of rotatable bonds is 5. The Morgan fingerprint density at radius 3 is 2.45 bits per heavy atom. The van der Waals surface area contributed by atoms with E-state index in [4.69, 9.17) is 4.74 Å². The fourth-order valence-corrected chi connectivity index (χ4v) is 1.83. The van der Waals surface area contributed by atoms with Gasteiger partial charge in [0.1, 0.15) is 11.4 Å². The van der Waals surface area contributed by atoms with Crippen LogP contribution in [0.2, 0.25) is 0 Å². The van der Waals surface area contributed by atoms with Gasteiger partial charge in [-0.05, 0) is 64.8 Å². The van der Waals surface area contributed by atoms with Gasteiger partial charge in [-0.3, -0.25) is 0 Å². The zero-order valence-corrected chi connectivity index (χ0v) is 14.3. The van der Waals surface area contributed by atoms with Gasteiger partial charge >= 0.3 is 6.09 Å². The second kappa shape index (κ2) is 7.09. The molecule has 0 saturated carbocycles. The summed E-state index contributed by atoms with van der Waals surface area (Å²) in [6.07, 6.45) is -0.440. The molecule has 1 rings (SSSR count). The van der Waals surface area contributed by atoms with Crippen LogP contribution in [0.3, 0.4) is 0 Å². The first-order valence-electron chi connectivity index (χ1n) is 7.45. The van der Waals surface area contributed by atoms with Gasteiger partial charge in [0, 0.05) is 18.6 Å². The van der Waals surface area contributed by atoms with E-state index in [1.807, 2.05) is 41.5 Å². The van der Waals surface area contributed by atoms with Crippen molar-refractivity contribution in [3.8, 4) is 0 Å². The Balaban J connectivity index is 2.50. The maximum absolute atomic E-state index is 13.3. The first kappa shape index (κ1) is 18.4. The Labute approximate surface area is 132 Å². The molecule has 22 heavy (non-hydrogen) atoms. The highest BCUT2D eigenvalue weighted by Gasteiger charge is 2.21. The van der Waals surface area contributed by atoms with Crippen LogP contribution < -0.4 is 10.6 Å². The van der Waals surface area contributed by atoms with Crippen molar-refractivity contribution in [3.63, 3.8) is 0 Å². The van der Waals surface area contributed by atoms with Crippen LogP contribution >= 0.6 is 0 Å². The van der Waals surface area contributed by atoms with Crippen LogP contribution in [0.5, 0.6) is 0 Å². The topological polar surface area (TPSA) is 50.4 Å². The van der Waals surface area contributed by atoms with Crippen molar-refractivity contribution in [2.45, 2.75) is 59.2 Å². The van der Waals surface area contributed by atoms with Crippen molar-refractivity contribution < 1.29 is 13.9 Å². The summed E-state index contributed by atoms with van der Waals surface area (Å²) in [5, 5.41) is 6.07. The third kappa shape index (κ3) is 6.89. The number of benzene rings is 1. The molecule has 0 atom stereocenters. The Morgan fingerprint density at radius 2 is 1.86 bits per heavy atom. The summed E-state index contributed by atoms with van der Waals surface area (Å²) in [7, 11) is 0. The lowest BCUT2D eigenvalue weighted by Crippen LogP contribution is -2.49. The van der Waals surface area contributed by atoms with E-state index in [2.05, 4.69) is 10.6 Å². The maximum Gasteiger partial charge on any atom is 0.407 e. The van der Waals surface area contributed by atoms with Crippen LogP contribution in [0.25, 0.3) is 0 Å². The summed E-state index contributed by atoms with van der Waals surface area (Å²) in [6.45, 7) is 12.3. The van der Waals surface area contributed by atoms with Gasteiger partial charge in [-0.15, -0.1) is 0 Å². The Morgan fingerprint density at radius 1 is 1.23 bits per heavy atom. The molecule has 1 aromatic rings. The average molecular weight is 310 g/mol. The number of carbonyl (C=O) groups excluding carboxylic acids is 1. The van der Waals surface area contributed by atoms with Gasteiger partial charge in [-0.1, -0.05) is 6.07 Å². The lowest BCUT2D eigenvalue weighted by Gasteiger charge is -2.28. The molecule has 2 N–H and O–H groups in total. The predicted octanol–water partition coefficient (Wildman–Crippen LogP) is 3.53. The van der Waals surface area contributed by atoms with Crippen molar-refractivity contribution >= 4 is 6.09 Å². The van der Waals surface area contributed by atoms with Crippen LogP contribution in [0.15, 0.2) is 18.2 Å². The van der Waals surface area contributed by atoms with E-state index in [0.717, 1.165) is 11.1 Å². The highest BCUT2D eigenvalue weighted by molar-refractivity contribution is 5.67. The molecular formula is C17H27FN2O2. The summed E-state index contributed by atoms with van der Waals surface area (Å²) in [6, 6.07) is 4.74. The van der Waals surface area contributed by atoms with Gasteiger partial charge in [-0.2, -0.15) is 0 Å². The molecule has 1 aromatic carbocycles. The first-order chi connectivity index (χ1) is 9.98. The SMILES string of the molecule is Cc1ccc(F)cc1CNC(C)(C)CNC(=O)OC(C)(C)C. The van der Waals surface area contributed by atoms with E-state index in [-0.39, 0.29) is 11.4 Å². The molecule has 4 nitrogen and oxygen atoms in total. The van der Waals surface area contributed by atoms with Crippen molar-refractivity contribution in [1.29, 1.82) is 0 Å². The quantitative estimate of drug-likeness (QED) is 0.875. The number of halogens is 1. The van der Waals surface area contributed by atoms with Gasteiger partial charge in [-0.25, -0.2) is 9.18 Å². The third-order valence-corrected chi connectivity index (χ3v) is 3.14. The van der Waals surface area contributed by atoms with Crippen LogP contribution in [-0.2, 0) is 11.3 Å². The van der Waals surface area contributed by atoms with E-state index in [1.165, 1.54) is 12.1 Å². The number of nitrogens with one attached hydrogen (secondary N) is 2. The van der Waals surface area contributed by atoms with Gasteiger partial charge < -0.3 is 15.4 Å². The van der Waals surface area contributed by atoms with E-state index in [9.17, 15) is 9.18 Å². The van der Waals surface area contributed by atoms with E-state index in [0.29, 0.717) is 13.1 Å². The Kier molecular flexibility index (Phi) is 5.94. The van der Waals surface area contributed by atoms with Gasteiger partial charge in [0.2, 0.25) is 0 Å². The molecule has 5 heteroatoms. The molecule has 0 radical (unpaired) electrons. The largest absolute Gasteiger partial charge is 0.444 e. The molecule has 1 amide bonds. The fraction of sp³-hybridized carbons (Fsp3) is 0.588. The summed E-state index contributed by atoms with van der Waals surface area (Å²) >= 11 is 0. The molecular weight excluding hydrogens is 283 g/mol. The standard InChI is InChI=1S/C17H27FN2O2/c1-12-7-8-14(18)9-13(12)10-20-17(5,6)11-19-15(21)22-16(2,3)4/h7-9,20H,10-11H2,1-6H3,(H,19,21). The minimum absolute atomic E-state index is 0.243. The van der Waals surface area contributed by atoms with Crippen LogP contribution in [0.4, 0.5) is 9.18 Å². The molecule has 0 aliphatic heterocycles. The number of alkyl carbamates (subject to hydrolysis) is 1. The highest BCUT2D eigenvalue weighted by Crippen LogP contribution is 2.12. The van der Waals surface area contributed by atoms with Crippen molar-refractivity contribution in [3.05, 3.63) is 35.1 Å². The number of carbonyl (C=O) groups is 1. The molecule has 0 unspecified atom stereocenters. The second-order valence-electron chi connectivity index (χ2n) is 7.16. The number of amides is 1. The molecule has 0 aliphatic carbocycles. The molecule has 0 heterocycles. The zero-order valence-electron chi connectivity index (χ0n) is 14.3. The van der Waals surface area contributed by atoms with Gasteiger partial charge in [0.25, 0.3) is 0 Å². The molecule has 124 valence electrons. The fourth-order valence-electron chi connectivity index (χ4n) is 1.83. The first-order valence-corrected chi connectivity index (χ1v) is 7.45. The van der Waals surface area contributed by atoms with Gasteiger partial charge in [0.05, 0.1) is 0 Å². The number of ether oxygens (including phenoxy) is 1. The number of hydrogen-bond donors (Lipinski definition) is 2. The third-order valence-electron chi connectivity index (χ3n) is 3.14. The van der Waals surface area contributed by atoms with Crippen molar-refractivity contribution in [2.75, 3.05) is 6.54 Å². The summed E-state index contributed by atoms with van der Waals surface area (Å²) < 4.78 is 18.5. The Hall–Kier alpha value is -1.62. The normalized spacial score (nSPS) is 12.1. The molecule has 0 aliphatic rings. The van der Waals surface area contributed by atoms with E-state index in [1.54, 1.807) is 6.07 Å². The lowest BCUT2D eigenvalue weighted by molar-refractivity contribution is 0.0513. The predicted molar refractivity (Wildman–Crippen MR) is 86.3 cm³/mol. The summed E-state index contributed by atoms with van der Waals surface area (Å²) in [5.74, 6) is -0.243. The van der Waals surface area contributed by atoms with Crippen LogP contribution in [0.1, 0.15) is 45.7 Å². The molecule has 0 aromatic heterocycles. The summed E-state index contributed by atoms with van der Waals surface area (Å²) in [4.78, 5) is 11.7. The highest BCUT2D eigenvalue weighted by atomic mass is 19.1. The second-order valence-corrected chi connectivity index (χ2v) is 7.16. The van der Waals surface area contributed by atoms with Crippen molar-refractivity contribution in [2.24, 2.45) is 0 Å². The monoisotopic (exact) mass is 310 g/mol. The lowest BCUT2D eigenvalue weighted by atomic mass is 10.0.